The van der Waals surface area contributed by atoms with E-state index in [1.807, 2.05) is 59.5 Å². The normalized spacial score (nSPS) is 14.1. The van der Waals surface area contributed by atoms with Gasteiger partial charge >= 0.3 is 0 Å². The Labute approximate surface area is 179 Å². The lowest BCUT2D eigenvalue weighted by Crippen LogP contribution is -2.28. The Balaban J connectivity index is 1.29. The topological polar surface area (TPSA) is 89.9 Å². The average molecular weight is 414 g/mol. The highest BCUT2D eigenvalue weighted by Gasteiger charge is 2.18. The van der Waals surface area contributed by atoms with E-state index in [4.69, 9.17) is 4.52 Å². The monoisotopic (exact) mass is 414 g/mol. The van der Waals surface area contributed by atoms with Crippen molar-refractivity contribution in [2.45, 2.75) is 25.8 Å². The number of carbonyl (C=O) groups is 1. The summed E-state index contributed by atoms with van der Waals surface area (Å²) >= 11 is 0. The van der Waals surface area contributed by atoms with Crippen LogP contribution in [0.3, 0.4) is 0 Å². The maximum Gasteiger partial charge on any atom is 0.250 e. The van der Waals surface area contributed by atoms with Crippen LogP contribution in [0.5, 0.6) is 0 Å². The van der Waals surface area contributed by atoms with Gasteiger partial charge in [0.1, 0.15) is 5.52 Å². The van der Waals surface area contributed by atoms with Gasteiger partial charge in [0.15, 0.2) is 0 Å². The van der Waals surface area contributed by atoms with Gasteiger partial charge in [0, 0.05) is 31.1 Å². The van der Waals surface area contributed by atoms with Gasteiger partial charge in [-0.25, -0.2) is 4.68 Å². The molecule has 0 bridgehead atoms. The van der Waals surface area contributed by atoms with E-state index in [0.29, 0.717) is 24.7 Å². The number of likely N-dealkylation sites (tertiary alicyclic amines) is 1. The standard InChI is InChI=1S/C23H22N6O2/c30-22(28-13-4-5-14-28)12-15-29-20-10-9-18(16-19(20)25-27-29)23-24-21(31-26-23)11-8-17-6-2-1-3-7-17/h1-3,6-11,16H,4-5,12-15H2/b11-8+. The van der Waals surface area contributed by atoms with Crippen molar-refractivity contribution in [3.63, 3.8) is 0 Å². The lowest BCUT2D eigenvalue weighted by atomic mass is 10.2. The summed E-state index contributed by atoms with van der Waals surface area (Å²) < 4.78 is 7.12. The molecule has 0 spiro atoms. The third-order valence-electron chi connectivity index (χ3n) is 5.43. The number of nitrogens with zero attached hydrogens (tertiary/aromatic N) is 6. The zero-order valence-electron chi connectivity index (χ0n) is 17.0. The molecule has 8 heteroatoms. The molecule has 4 aromatic rings. The molecule has 0 unspecified atom stereocenters. The van der Waals surface area contributed by atoms with E-state index >= 15 is 0 Å². The molecule has 1 saturated heterocycles. The fraction of sp³-hybridized carbons (Fsp3) is 0.261. The second-order valence-corrected chi connectivity index (χ2v) is 7.55. The zero-order chi connectivity index (χ0) is 21.0. The summed E-state index contributed by atoms with van der Waals surface area (Å²) in [4.78, 5) is 18.7. The lowest BCUT2D eigenvalue weighted by Gasteiger charge is -2.14. The van der Waals surface area contributed by atoms with Gasteiger partial charge in [0.2, 0.25) is 11.7 Å². The molecular weight excluding hydrogens is 392 g/mol. The smallest absolute Gasteiger partial charge is 0.250 e. The van der Waals surface area contributed by atoms with Gasteiger partial charge in [-0.2, -0.15) is 4.98 Å². The highest BCUT2D eigenvalue weighted by molar-refractivity contribution is 5.80. The van der Waals surface area contributed by atoms with Crippen molar-refractivity contribution in [2.75, 3.05) is 13.1 Å². The van der Waals surface area contributed by atoms with E-state index in [2.05, 4.69) is 20.5 Å². The Kier molecular flexibility index (Phi) is 5.26. The molecule has 5 rings (SSSR count). The molecule has 156 valence electrons. The third kappa shape index (κ3) is 4.23. The van der Waals surface area contributed by atoms with Crippen molar-refractivity contribution >= 4 is 29.1 Å². The van der Waals surface area contributed by atoms with Gasteiger partial charge in [-0.15, -0.1) is 5.10 Å². The lowest BCUT2D eigenvalue weighted by molar-refractivity contribution is -0.130. The van der Waals surface area contributed by atoms with Crippen LogP contribution in [0, 0.1) is 0 Å². The minimum atomic E-state index is 0.181. The number of aryl methyl sites for hydroxylation is 1. The van der Waals surface area contributed by atoms with E-state index in [9.17, 15) is 4.79 Å². The predicted molar refractivity (Wildman–Crippen MR) is 117 cm³/mol. The molecule has 0 saturated carbocycles. The van der Waals surface area contributed by atoms with Crippen molar-refractivity contribution in [2.24, 2.45) is 0 Å². The number of hydrogen-bond acceptors (Lipinski definition) is 6. The predicted octanol–water partition coefficient (Wildman–Crippen LogP) is 3.66. The van der Waals surface area contributed by atoms with Crippen LogP contribution in [0.4, 0.5) is 0 Å². The average Bonchev–Trinajstić information content (AvgIpc) is 3.57. The number of carbonyl (C=O) groups excluding carboxylic acids is 1. The van der Waals surface area contributed by atoms with E-state index < -0.39 is 0 Å². The highest BCUT2D eigenvalue weighted by atomic mass is 16.5. The Hall–Kier alpha value is -3.81. The molecule has 31 heavy (non-hydrogen) atoms. The van der Waals surface area contributed by atoms with Gasteiger partial charge < -0.3 is 9.42 Å². The largest absolute Gasteiger partial charge is 0.343 e. The molecule has 0 atom stereocenters. The summed E-state index contributed by atoms with van der Waals surface area (Å²) in [6.07, 6.45) is 6.34. The number of rotatable bonds is 6. The number of fused-ring (bicyclic) bond motifs is 1. The molecule has 3 heterocycles. The van der Waals surface area contributed by atoms with Crippen LogP contribution in [-0.4, -0.2) is 49.0 Å². The first-order chi connectivity index (χ1) is 15.3. The Bertz CT molecular complexity index is 1220. The van der Waals surface area contributed by atoms with Crippen molar-refractivity contribution in [1.82, 2.24) is 30.0 Å². The van der Waals surface area contributed by atoms with E-state index in [0.717, 1.165) is 48.1 Å². The van der Waals surface area contributed by atoms with E-state index in [1.165, 1.54) is 0 Å². The fourth-order valence-electron chi connectivity index (χ4n) is 3.75. The van der Waals surface area contributed by atoms with Gasteiger partial charge in [0.05, 0.1) is 12.1 Å². The van der Waals surface area contributed by atoms with Gasteiger partial charge in [-0.05, 0) is 42.7 Å². The van der Waals surface area contributed by atoms with Crippen LogP contribution in [0.2, 0.25) is 0 Å². The van der Waals surface area contributed by atoms with Gasteiger partial charge in [-0.1, -0.05) is 40.7 Å². The summed E-state index contributed by atoms with van der Waals surface area (Å²) in [5.41, 5.74) is 3.47. The molecule has 1 aliphatic rings. The first kappa shape index (κ1) is 19.2. The highest BCUT2D eigenvalue weighted by Crippen LogP contribution is 2.22. The maximum atomic E-state index is 12.3. The van der Waals surface area contributed by atoms with E-state index in [1.54, 1.807) is 10.8 Å². The minimum Gasteiger partial charge on any atom is -0.343 e. The first-order valence-electron chi connectivity index (χ1n) is 10.4. The van der Waals surface area contributed by atoms with Crippen LogP contribution in [0.1, 0.15) is 30.7 Å². The SMILES string of the molecule is O=C(CCn1nnc2cc(-c3noc(/C=C/c4ccccc4)n3)ccc21)N1CCCC1. The first-order valence-corrected chi connectivity index (χ1v) is 10.4. The molecule has 0 radical (unpaired) electrons. The van der Waals surface area contributed by atoms with Crippen molar-refractivity contribution in [3.8, 4) is 11.4 Å². The summed E-state index contributed by atoms with van der Waals surface area (Å²) in [5, 5.41) is 12.5. The number of benzene rings is 2. The summed E-state index contributed by atoms with van der Waals surface area (Å²) in [6.45, 7) is 2.25. The number of aromatic nitrogens is 5. The van der Waals surface area contributed by atoms with Gasteiger partial charge in [-0.3, -0.25) is 4.79 Å². The molecule has 8 nitrogen and oxygen atoms in total. The van der Waals surface area contributed by atoms with Crippen LogP contribution >= 0.6 is 0 Å². The Morgan fingerprint density at radius 3 is 2.74 bits per heavy atom. The van der Waals surface area contributed by atoms with Crippen molar-refractivity contribution in [3.05, 3.63) is 60.0 Å². The maximum absolute atomic E-state index is 12.3. The Morgan fingerprint density at radius 2 is 1.90 bits per heavy atom. The molecule has 0 N–H and O–H groups in total. The van der Waals surface area contributed by atoms with Crippen molar-refractivity contribution < 1.29 is 9.32 Å². The Morgan fingerprint density at radius 1 is 1.06 bits per heavy atom. The minimum absolute atomic E-state index is 0.181. The fourth-order valence-corrected chi connectivity index (χ4v) is 3.75. The number of hydrogen-bond donors (Lipinski definition) is 0. The third-order valence-corrected chi connectivity index (χ3v) is 5.43. The summed E-state index contributed by atoms with van der Waals surface area (Å²) in [5.74, 6) is 1.11. The molecular formula is C23H22N6O2. The van der Waals surface area contributed by atoms with Crippen LogP contribution in [0.15, 0.2) is 53.1 Å². The van der Waals surface area contributed by atoms with Crippen LogP contribution in [-0.2, 0) is 11.3 Å². The van der Waals surface area contributed by atoms with Crippen molar-refractivity contribution in [1.29, 1.82) is 0 Å². The zero-order valence-corrected chi connectivity index (χ0v) is 17.0. The van der Waals surface area contributed by atoms with E-state index in [-0.39, 0.29) is 5.91 Å². The molecule has 2 aromatic carbocycles. The molecule has 1 aliphatic heterocycles. The van der Waals surface area contributed by atoms with Crippen LogP contribution < -0.4 is 0 Å². The summed E-state index contributed by atoms with van der Waals surface area (Å²) in [6, 6.07) is 15.7. The summed E-state index contributed by atoms with van der Waals surface area (Å²) in [7, 11) is 0. The second kappa shape index (κ2) is 8.51. The molecule has 2 aromatic heterocycles. The quantitative estimate of drug-likeness (QED) is 0.478. The van der Waals surface area contributed by atoms with Gasteiger partial charge in [0.25, 0.3) is 5.89 Å². The molecule has 1 fully saturated rings. The molecule has 0 aliphatic carbocycles. The molecule has 1 amide bonds. The number of amides is 1. The van der Waals surface area contributed by atoms with Crippen LogP contribution in [0.25, 0.3) is 34.6 Å². The second-order valence-electron chi connectivity index (χ2n) is 7.55.